The Hall–Kier alpha value is -1.75. The number of Topliss-reactive ketones (excluding diaryl/α,β-unsaturated/α-hetero) is 1. The summed E-state index contributed by atoms with van der Waals surface area (Å²) in [5.74, 6) is -0.650. The van der Waals surface area contributed by atoms with Gasteiger partial charge in [-0.2, -0.15) is 0 Å². The van der Waals surface area contributed by atoms with E-state index in [-0.39, 0.29) is 22.8 Å². The molecule has 2 rings (SSSR count). The first-order valence-electron chi connectivity index (χ1n) is 5.99. The Bertz CT molecular complexity index is 442. The lowest BCUT2D eigenvalue weighted by Gasteiger charge is -2.34. The highest BCUT2D eigenvalue weighted by atomic mass is 16.3. The third-order valence-electron chi connectivity index (χ3n) is 3.30. The van der Waals surface area contributed by atoms with Gasteiger partial charge in [-0.15, -0.1) is 0 Å². The number of likely N-dealkylation sites (N-methyl/N-ethyl adjacent to an activating group) is 1. The number of aromatic hydroxyl groups is 2. The van der Waals surface area contributed by atoms with Gasteiger partial charge in [-0.25, -0.2) is 0 Å². The molecule has 0 atom stereocenters. The Labute approximate surface area is 106 Å². The predicted octanol–water partition coefficient (Wildman–Crippen LogP) is 1.05. The lowest BCUT2D eigenvalue weighted by atomic mass is 10.1. The van der Waals surface area contributed by atoms with Gasteiger partial charge in [0.25, 0.3) is 0 Å². The Morgan fingerprint density at radius 3 is 2.06 bits per heavy atom. The number of piperazine rings is 1. The number of carbonyl (C=O) groups is 1. The number of phenols is 2. The van der Waals surface area contributed by atoms with Gasteiger partial charge in [0.2, 0.25) is 0 Å². The largest absolute Gasteiger partial charge is 0.507 e. The molecule has 0 aromatic heterocycles. The quantitative estimate of drug-likeness (QED) is 0.768. The number of phenolic OH excluding ortho intramolecular Hbond substituents is 2. The van der Waals surface area contributed by atoms with E-state index in [0.29, 0.717) is 0 Å². The third-order valence-corrected chi connectivity index (χ3v) is 3.30. The van der Waals surface area contributed by atoms with Crippen LogP contribution < -0.4 is 4.90 Å². The maximum atomic E-state index is 11.3. The predicted molar refractivity (Wildman–Crippen MR) is 69.5 cm³/mol. The van der Waals surface area contributed by atoms with Crippen LogP contribution in [0.15, 0.2) is 12.1 Å². The van der Waals surface area contributed by atoms with E-state index in [4.69, 9.17) is 0 Å². The molecule has 5 heteroatoms. The van der Waals surface area contributed by atoms with Crippen LogP contribution in [0, 0.1) is 0 Å². The molecule has 1 aromatic carbocycles. The molecule has 1 fully saturated rings. The minimum absolute atomic E-state index is 0.00659. The van der Waals surface area contributed by atoms with Crippen molar-refractivity contribution in [3.63, 3.8) is 0 Å². The number of ketones is 1. The fraction of sp³-hybridized carbons (Fsp3) is 0.462. The zero-order chi connectivity index (χ0) is 13.3. The van der Waals surface area contributed by atoms with Crippen molar-refractivity contribution in [2.45, 2.75) is 6.92 Å². The van der Waals surface area contributed by atoms with Gasteiger partial charge in [-0.05, 0) is 14.0 Å². The second kappa shape index (κ2) is 4.86. The summed E-state index contributed by atoms with van der Waals surface area (Å²) in [6.45, 7) is 4.89. The first-order chi connectivity index (χ1) is 8.49. The number of benzene rings is 1. The third kappa shape index (κ3) is 2.41. The van der Waals surface area contributed by atoms with Gasteiger partial charge in [-0.3, -0.25) is 4.79 Å². The van der Waals surface area contributed by atoms with Crippen LogP contribution in [0.3, 0.4) is 0 Å². The maximum absolute atomic E-state index is 11.3. The molecular formula is C13H18N2O3. The van der Waals surface area contributed by atoms with Crippen molar-refractivity contribution >= 4 is 11.5 Å². The fourth-order valence-corrected chi connectivity index (χ4v) is 2.21. The minimum Gasteiger partial charge on any atom is -0.507 e. The molecular weight excluding hydrogens is 232 g/mol. The lowest BCUT2D eigenvalue weighted by Crippen LogP contribution is -2.44. The highest BCUT2D eigenvalue weighted by Crippen LogP contribution is 2.33. The number of hydrogen-bond acceptors (Lipinski definition) is 5. The topological polar surface area (TPSA) is 64.0 Å². The van der Waals surface area contributed by atoms with E-state index >= 15 is 0 Å². The smallest absolute Gasteiger partial charge is 0.167 e. The van der Waals surface area contributed by atoms with Crippen LogP contribution in [0.2, 0.25) is 0 Å². The summed E-state index contributed by atoms with van der Waals surface area (Å²) in [6, 6.07) is 3.09. The summed E-state index contributed by atoms with van der Waals surface area (Å²) >= 11 is 0. The van der Waals surface area contributed by atoms with Crippen LogP contribution in [0.25, 0.3) is 0 Å². The Morgan fingerprint density at radius 2 is 1.61 bits per heavy atom. The first-order valence-corrected chi connectivity index (χ1v) is 5.99. The van der Waals surface area contributed by atoms with Gasteiger partial charge in [0.1, 0.15) is 17.1 Å². The molecule has 1 saturated heterocycles. The number of carbonyl (C=O) groups excluding carboxylic acids is 1. The van der Waals surface area contributed by atoms with E-state index in [1.54, 1.807) is 12.1 Å². The average molecular weight is 250 g/mol. The Morgan fingerprint density at radius 1 is 1.11 bits per heavy atom. The lowest BCUT2D eigenvalue weighted by molar-refractivity contribution is 0.101. The number of rotatable bonds is 2. The second-order valence-electron chi connectivity index (χ2n) is 4.71. The first kappa shape index (κ1) is 12.7. The molecule has 0 radical (unpaired) electrons. The molecule has 18 heavy (non-hydrogen) atoms. The van der Waals surface area contributed by atoms with Crippen molar-refractivity contribution in [3.8, 4) is 11.5 Å². The average Bonchev–Trinajstić information content (AvgIpc) is 2.28. The molecule has 1 aromatic rings. The molecule has 0 spiro atoms. The number of nitrogens with zero attached hydrogens (tertiary/aromatic N) is 2. The monoisotopic (exact) mass is 250 g/mol. The summed E-state index contributed by atoms with van der Waals surface area (Å²) in [7, 11) is 2.06. The van der Waals surface area contributed by atoms with Crippen molar-refractivity contribution < 1.29 is 15.0 Å². The highest BCUT2D eigenvalue weighted by Gasteiger charge is 2.19. The Kier molecular flexibility index (Phi) is 3.43. The van der Waals surface area contributed by atoms with E-state index in [2.05, 4.69) is 16.8 Å². The standard InChI is InChI=1S/C13H18N2O3/c1-9(16)13-11(17)7-10(8-12(13)18)15-5-3-14(2)4-6-15/h7-8,17-18H,3-6H2,1-2H3. The molecule has 0 aliphatic carbocycles. The van der Waals surface area contributed by atoms with Crippen molar-refractivity contribution in [3.05, 3.63) is 17.7 Å². The van der Waals surface area contributed by atoms with Gasteiger partial charge in [0.05, 0.1) is 0 Å². The Balaban J connectivity index is 2.28. The number of hydrogen-bond donors (Lipinski definition) is 2. The van der Waals surface area contributed by atoms with Crippen LogP contribution in [0.5, 0.6) is 11.5 Å². The van der Waals surface area contributed by atoms with E-state index in [0.717, 1.165) is 31.9 Å². The zero-order valence-electron chi connectivity index (χ0n) is 10.7. The molecule has 0 saturated carbocycles. The van der Waals surface area contributed by atoms with Crippen LogP contribution in [0.1, 0.15) is 17.3 Å². The normalized spacial score (nSPS) is 16.9. The molecule has 5 nitrogen and oxygen atoms in total. The van der Waals surface area contributed by atoms with Gasteiger partial charge in [0.15, 0.2) is 5.78 Å². The zero-order valence-corrected chi connectivity index (χ0v) is 10.7. The van der Waals surface area contributed by atoms with Crippen molar-refractivity contribution in [2.24, 2.45) is 0 Å². The molecule has 1 heterocycles. The van der Waals surface area contributed by atoms with Gasteiger partial charge in [-0.1, -0.05) is 0 Å². The van der Waals surface area contributed by atoms with Crippen molar-refractivity contribution in [2.75, 3.05) is 38.1 Å². The fourth-order valence-electron chi connectivity index (χ4n) is 2.21. The summed E-state index contributed by atoms with van der Waals surface area (Å²) in [6.07, 6.45) is 0. The van der Waals surface area contributed by atoms with Crippen LogP contribution >= 0.6 is 0 Å². The SMILES string of the molecule is CC(=O)c1c(O)cc(N2CCN(C)CC2)cc1O. The van der Waals surface area contributed by atoms with Crippen LogP contribution in [-0.2, 0) is 0 Å². The van der Waals surface area contributed by atoms with Gasteiger partial charge >= 0.3 is 0 Å². The molecule has 1 aliphatic heterocycles. The van der Waals surface area contributed by atoms with Gasteiger partial charge in [0, 0.05) is 44.0 Å². The second-order valence-corrected chi connectivity index (χ2v) is 4.71. The molecule has 1 aliphatic rings. The summed E-state index contributed by atoms with van der Waals surface area (Å²) in [4.78, 5) is 15.6. The molecule has 2 N–H and O–H groups in total. The van der Waals surface area contributed by atoms with E-state index in [9.17, 15) is 15.0 Å². The molecule has 98 valence electrons. The summed E-state index contributed by atoms with van der Waals surface area (Å²) in [5, 5.41) is 19.6. The van der Waals surface area contributed by atoms with Crippen LogP contribution in [0.4, 0.5) is 5.69 Å². The van der Waals surface area contributed by atoms with Crippen molar-refractivity contribution in [1.82, 2.24) is 4.90 Å². The maximum Gasteiger partial charge on any atom is 0.167 e. The van der Waals surface area contributed by atoms with E-state index in [1.165, 1.54) is 6.92 Å². The summed E-state index contributed by atoms with van der Waals surface area (Å²) in [5.41, 5.74) is 0.746. The molecule has 0 bridgehead atoms. The minimum atomic E-state index is -0.338. The van der Waals surface area contributed by atoms with Gasteiger partial charge < -0.3 is 20.0 Å². The van der Waals surface area contributed by atoms with E-state index in [1.807, 2.05) is 0 Å². The summed E-state index contributed by atoms with van der Waals surface area (Å²) < 4.78 is 0. The molecule has 0 unspecified atom stereocenters. The van der Waals surface area contributed by atoms with Crippen molar-refractivity contribution in [1.29, 1.82) is 0 Å². The molecule has 0 amide bonds. The van der Waals surface area contributed by atoms with Crippen LogP contribution in [-0.4, -0.2) is 54.1 Å². The van der Waals surface area contributed by atoms with E-state index < -0.39 is 0 Å². The highest BCUT2D eigenvalue weighted by molar-refractivity contribution is 6.00. The number of anilines is 1.